The lowest BCUT2D eigenvalue weighted by Crippen LogP contribution is -2.39. The number of nitrogens with zero attached hydrogens (tertiary/aromatic N) is 3. The van der Waals surface area contributed by atoms with E-state index in [1.165, 1.54) is 11.3 Å². The molecule has 0 radical (unpaired) electrons. The number of carbonyl (C=O) groups is 1. The van der Waals surface area contributed by atoms with Gasteiger partial charge in [0.05, 0.1) is 10.7 Å². The van der Waals surface area contributed by atoms with Gasteiger partial charge in [0.1, 0.15) is 10.7 Å². The monoisotopic (exact) mass is 304 g/mol. The molecule has 6 heteroatoms. The summed E-state index contributed by atoms with van der Waals surface area (Å²) in [5.74, 6) is 1.43. The van der Waals surface area contributed by atoms with Crippen LogP contribution in [0.2, 0.25) is 0 Å². The number of H-pyrrole nitrogens is 1. The molecule has 1 fully saturated rings. The molecule has 1 atom stereocenters. The number of aromatic nitrogens is 3. The van der Waals surface area contributed by atoms with Crippen molar-refractivity contribution in [1.29, 1.82) is 0 Å². The van der Waals surface area contributed by atoms with Crippen LogP contribution < -0.4 is 0 Å². The third kappa shape index (κ3) is 2.85. The summed E-state index contributed by atoms with van der Waals surface area (Å²) in [5.41, 5.74) is 1.92. The number of hydrogen-bond donors (Lipinski definition) is 1. The van der Waals surface area contributed by atoms with Gasteiger partial charge in [-0.1, -0.05) is 0 Å². The van der Waals surface area contributed by atoms with Crippen molar-refractivity contribution in [3.05, 3.63) is 33.3 Å². The van der Waals surface area contributed by atoms with Crippen LogP contribution in [0, 0.1) is 20.8 Å². The van der Waals surface area contributed by atoms with E-state index in [0.717, 1.165) is 53.0 Å². The third-order valence-corrected chi connectivity index (χ3v) is 4.98. The van der Waals surface area contributed by atoms with Gasteiger partial charge in [-0.15, -0.1) is 11.3 Å². The maximum atomic E-state index is 12.7. The minimum absolute atomic E-state index is 0.117. The summed E-state index contributed by atoms with van der Waals surface area (Å²) in [7, 11) is 0. The van der Waals surface area contributed by atoms with Crippen LogP contribution in [-0.2, 0) is 0 Å². The molecule has 1 saturated heterocycles. The zero-order valence-electron chi connectivity index (χ0n) is 12.6. The smallest absolute Gasteiger partial charge is 0.265 e. The standard InChI is InChI=1S/C15H20N4OS/c1-9-7-16-14(17-9)12-5-4-6-19(8-12)15(20)13-10(2)18-11(3)21-13/h7,12H,4-6,8H2,1-3H3,(H,16,17)/t12-/m1/s1. The van der Waals surface area contributed by atoms with Crippen LogP contribution in [0.15, 0.2) is 6.20 Å². The Balaban J connectivity index is 1.77. The van der Waals surface area contributed by atoms with Crippen molar-refractivity contribution in [2.75, 3.05) is 13.1 Å². The number of thiazole rings is 1. The number of carbonyl (C=O) groups excluding carboxylic acids is 1. The van der Waals surface area contributed by atoms with E-state index in [-0.39, 0.29) is 5.91 Å². The Morgan fingerprint density at radius 3 is 2.86 bits per heavy atom. The van der Waals surface area contributed by atoms with Crippen LogP contribution in [0.1, 0.15) is 50.7 Å². The highest BCUT2D eigenvalue weighted by atomic mass is 32.1. The molecule has 5 nitrogen and oxygen atoms in total. The molecule has 2 aromatic rings. The van der Waals surface area contributed by atoms with Gasteiger partial charge in [0.25, 0.3) is 5.91 Å². The minimum Gasteiger partial charge on any atom is -0.346 e. The van der Waals surface area contributed by atoms with Crippen LogP contribution in [-0.4, -0.2) is 38.8 Å². The fourth-order valence-electron chi connectivity index (χ4n) is 2.90. The van der Waals surface area contributed by atoms with Gasteiger partial charge in [-0.25, -0.2) is 9.97 Å². The molecule has 3 rings (SSSR count). The second kappa shape index (κ2) is 5.60. The van der Waals surface area contributed by atoms with Crippen molar-refractivity contribution >= 4 is 17.2 Å². The van der Waals surface area contributed by atoms with Crippen molar-refractivity contribution in [2.45, 2.75) is 39.5 Å². The lowest BCUT2D eigenvalue weighted by atomic mass is 9.97. The molecule has 1 aliphatic heterocycles. The lowest BCUT2D eigenvalue weighted by molar-refractivity contribution is 0.0708. The SMILES string of the molecule is Cc1cnc([C@@H]2CCCN(C(=O)c3sc(C)nc3C)C2)[nH]1. The minimum atomic E-state index is 0.117. The molecule has 21 heavy (non-hydrogen) atoms. The molecule has 1 N–H and O–H groups in total. The number of amides is 1. The topological polar surface area (TPSA) is 61.9 Å². The predicted octanol–water partition coefficient (Wildman–Crippen LogP) is 2.81. The Kier molecular flexibility index (Phi) is 3.80. The van der Waals surface area contributed by atoms with Crippen LogP contribution in [0.3, 0.4) is 0 Å². The van der Waals surface area contributed by atoms with Crippen molar-refractivity contribution in [3.8, 4) is 0 Å². The summed E-state index contributed by atoms with van der Waals surface area (Å²) in [5, 5.41) is 0.950. The molecule has 0 saturated carbocycles. The van der Waals surface area contributed by atoms with E-state index < -0.39 is 0 Å². The zero-order valence-corrected chi connectivity index (χ0v) is 13.5. The first-order valence-electron chi connectivity index (χ1n) is 7.29. The summed E-state index contributed by atoms with van der Waals surface area (Å²) in [6.07, 6.45) is 3.96. The number of nitrogens with one attached hydrogen (secondary N) is 1. The number of hydrogen-bond acceptors (Lipinski definition) is 4. The van der Waals surface area contributed by atoms with Gasteiger partial charge >= 0.3 is 0 Å². The lowest BCUT2D eigenvalue weighted by Gasteiger charge is -2.31. The molecule has 1 amide bonds. The number of piperidine rings is 1. The fraction of sp³-hybridized carbons (Fsp3) is 0.533. The van der Waals surface area contributed by atoms with E-state index in [4.69, 9.17) is 0 Å². The third-order valence-electron chi connectivity index (χ3n) is 3.92. The first-order chi connectivity index (χ1) is 10.0. The molecular weight excluding hydrogens is 284 g/mol. The molecule has 0 aliphatic carbocycles. The molecule has 1 aliphatic rings. The van der Waals surface area contributed by atoms with Crippen LogP contribution in [0.5, 0.6) is 0 Å². The summed E-state index contributed by atoms with van der Waals surface area (Å²) >= 11 is 1.49. The number of aromatic amines is 1. The quantitative estimate of drug-likeness (QED) is 0.928. The molecular formula is C15H20N4OS. The first-order valence-corrected chi connectivity index (χ1v) is 8.11. The molecule has 3 heterocycles. The highest BCUT2D eigenvalue weighted by Crippen LogP contribution is 2.27. The highest BCUT2D eigenvalue weighted by molar-refractivity contribution is 7.13. The Labute approximate surface area is 128 Å². The summed E-state index contributed by atoms with van der Waals surface area (Å²) in [4.78, 5) is 27.5. The largest absolute Gasteiger partial charge is 0.346 e. The molecule has 0 spiro atoms. The number of likely N-dealkylation sites (tertiary alicyclic amines) is 1. The van der Waals surface area contributed by atoms with Gasteiger partial charge in [-0.2, -0.15) is 0 Å². The average molecular weight is 304 g/mol. The summed E-state index contributed by atoms with van der Waals surface area (Å²) in [6.45, 7) is 7.42. The first kappa shape index (κ1) is 14.3. The average Bonchev–Trinajstić information content (AvgIpc) is 3.04. The number of aryl methyl sites for hydroxylation is 3. The zero-order chi connectivity index (χ0) is 15.0. The van der Waals surface area contributed by atoms with E-state index in [0.29, 0.717) is 5.92 Å². The summed E-state index contributed by atoms with van der Waals surface area (Å²) in [6, 6.07) is 0. The second-order valence-electron chi connectivity index (χ2n) is 5.69. The maximum absolute atomic E-state index is 12.7. The van der Waals surface area contributed by atoms with Crippen molar-refractivity contribution in [2.24, 2.45) is 0 Å². The van der Waals surface area contributed by atoms with Crippen molar-refractivity contribution in [3.63, 3.8) is 0 Å². The Morgan fingerprint density at radius 2 is 2.24 bits per heavy atom. The van der Waals surface area contributed by atoms with Gasteiger partial charge in [0, 0.05) is 30.9 Å². The Morgan fingerprint density at radius 1 is 1.43 bits per heavy atom. The fourth-order valence-corrected chi connectivity index (χ4v) is 3.79. The molecule has 2 aromatic heterocycles. The molecule has 112 valence electrons. The van der Waals surface area contributed by atoms with E-state index >= 15 is 0 Å². The van der Waals surface area contributed by atoms with Crippen LogP contribution in [0.25, 0.3) is 0 Å². The number of imidazole rings is 1. The van der Waals surface area contributed by atoms with Gasteiger partial charge in [0.2, 0.25) is 0 Å². The normalized spacial score (nSPS) is 19.0. The molecule has 0 aromatic carbocycles. The van der Waals surface area contributed by atoms with Gasteiger partial charge in [-0.3, -0.25) is 4.79 Å². The van der Waals surface area contributed by atoms with E-state index in [9.17, 15) is 4.79 Å². The molecule has 0 bridgehead atoms. The number of rotatable bonds is 2. The van der Waals surface area contributed by atoms with Crippen molar-refractivity contribution < 1.29 is 4.79 Å². The van der Waals surface area contributed by atoms with E-state index in [1.54, 1.807) is 0 Å². The van der Waals surface area contributed by atoms with E-state index in [2.05, 4.69) is 15.0 Å². The van der Waals surface area contributed by atoms with Gasteiger partial charge in [-0.05, 0) is 33.6 Å². The van der Waals surface area contributed by atoms with Crippen LogP contribution >= 0.6 is 11.3 Å². The Bertz CT molecular complexity index is 660. The Hall–Kier alpha value is -1.69. The van der Waals surface area contributed by atoms with Crippen LogP contribution in [0.4, 0.5) is 0 Å². The second-order valence-corrected chi connectivity index (χ2v) is 6.89. The maximum Gasteiger partial charge on any atom is 0.265 e. The van der Waals surface area contributed by atoms with Gasteiger partial charge < -0.3 is 9.88 Å². The molecule has 0 unspecified atom stereocenters. The van der Waals surface area contributed by atoms with E-state index in [1.807, 2.05) is 31.9 Å². The highest BCUT2D eigenvalue weighted by Gasteiger charge is 2.28. The summed E-state index contributed by atoms with van der Waals surface area (Å²) < 4.78 is 0. The van der Waals surface area contributed by atoms with Crippen molar-refractivity contribution in [1.82, 2.24) is 19.9 Å². The van der Waals surface area contributed by atoms with Gasteiger partial charge in [0.15, 0.2) is 0 Å². The predicted molar refractivity (Wildman–Crippen MR) is 82.8 cm³/mol.